The molecule has 0 saturated carbocycles. The van der Waals surface area contributed by atoms with E-state index < -0.39 is 5.97 Å². The third-order valence-electron chi connectivity index (χ3n) is 6.28. The normalized spacial score (nSPS) is 12.0. The van der Waals surface area contributed by atoms with Crippen molar-refractivity contribution < 1.29 is 14.3 Å². The molecule has 0 aliphatic heterocycles. The largest absolute Gasteiger partial charge is 0.465 e. The van der Waals surface area contributed by atoms with Crippen LogP contribution >= 0.6 is 11.8 Å². The van der Waals surface area contributed by atoms with Crippen molar-refractivity contribution in [1.82, 2.24) is 20.2 Å². The van der Waals surface area contributed by atoms with Gasteiger partial charge >= 0.3 is 5.97 Å². The van der Waals surface area contributed by atoms with Gasteiger partial charge < -0.3 is 4.74 Å². The van der Waals surface area contributed by atoms with Crippen molar-refractivity contribution in [1.29, 1.82) is 0 Å². The van der Waals surface area contributed by atoms with Crippen molar-refractivity contribution >= 4 is 22.8 Å². The Morgan fingerprint density at radius 1 is 0.971 bits per heavy atom. The summed E-state index contributed by atoms with van der Waals surface area (Å²) in [6.07, 6.45) is 16.0. The summed E-state index contributed by atoms with van der Waals surface area (Å²) in [6.45, 7) is 4.25. The van der Waals surface area contributed by atoms with E-state index in [1.54, 1.807) is 13.2 Å². The highest BCUT2D eigenvalue weighted by Gasteiger charge is 2.27. The van der Waals surface area contributed by atoms with E-state index in [2.05, 4.69) is 34.6 Å². The van der Waals surface area contributed by atoms with Gasteiger partial charge in [-0.05, 0) is 47.6 Å². The fraction of sp³-hybridized carbons (Fsp3) is 0.667. The molecule has 2 rings (SSSR count). The molecule has 35 heavy (non-hydrogen) atoms. The summed E-state index contributed by atoms with van der Waals surface area (Å²) in [5.74, 6) is -0.177. The van der Waals surface area contributed by atoms with Crippen LogP contribution in [-0.2, 0) is 27.3 Å². The van der Waals surface area contributed by atoms with Gasteiger partial charge in [0, 0.05) is 6.42 Å². The van der Waals surface area contributed by atoms with E-state index in [1.165, 1.54) is 79.8 Å². The van der Waals surface area contributed by atoms with Crippen molar-refractivity contribution in [2.45, 2.75) is 103 Å². The zero-order valence-corrected chi connectivity index (χ0v) is 22.5. The van der Waals surface area contributed by atoms with Crippen LogP contribution in [0, 0.1) is 0 Å². The first-order valence-electron chi connectivity index (χ1n) is 13.2. The third-order valence-corrected chi connectivity index (χ3v) is 6.91. The Hall–Kier alpha value is -2.22. The van der Waals surface area contributed by atoms with E-state index in [9.17, 15) is 9.59 Å². The van der Waals surface area contributed by atoms with Gasteiger partial charge in [0.1, 0.15) is 6.54 Å². The molecule has 1 aromatic carbocycles. The van der Waals surface area contributed by atoms with Crippen LogP contribution in [-0.4, -0.2) is 44.2 Å². The van der Waals surface area contributed by atoms with Crippen molar-refractivity contribution in [2.75, 3.05) is 12.9 Å². The molecule has 0 aliphatic carbocycles. The Balaban J connectivity index is 2.03. The van der Waals surface area contributed by atoms with Crippen molar-refractivity contribution in [2.24, 2.45) is 0 Å². The molecule has 194 valence electrons. The van der Waals surface area contributed by atoms with Gasteiger partial charge in [-0.1, -0.05) is 101 Å². The topological polar surface area (TPSA) is 87.0 Å². The average Bonchev–Trinajstić information content (AvgIpc) is 3.31. The number of hydrogen-bond donors (Lipinski definition) is 0. The molecule has 1 aromatic heterocycles. The first-order valence-corrected chi connectivity index (χ1v) is 14.4. The number of ether oxygens (including phenoxy) is 1. The van der Waals surface area contributed by atoms with Crippen LogP contribution in [0.2, 0.25) is 0 Å². The maximum Gasteiger partial charge on any atom is 0.327 e. The number of unbranched alkanes of at least 4 members (excludes halogenated alkanes) is 9. The van der Waals surface area contributed by atoms with Crippen molar-refractivity contribution in [3.63, 3.8) is 0 Å². The summed E-state index contributed by atoms with van der Waals surface area (Å²) in [5.41, 5.74) is 2.28. The lowest BCUT2D eigenvalue weighted by molar-refractivity contribution is -0.144. The van der Waals surface area contributed by atoms with E-state index in [0.717, 1.165) is 18.4 Å². The van der Waals surface area contributed by atoms with Crippen LogP contribution < -0.4 is 0 Å². The fourth-order valence-corrected chi connectivity index (χ4v) is 4.73. The van der Waals surface area contributed by atoms with Crippen LogP contribution in [0.25, 0.3) is 0 Å². The highest BCUT2D eigenvalue weighted by molar-refractivity contribution is 8.13. The minimum atomic E-state index is -0.394. The molecule has 0 aliphatic rings. The van der Waals surface area contributed by atoms with Crippen LogP contribution in [0.1, 0.15) is 107 Å². The van der Waals surface area contributed by atoms with Crippen LogP contribution in [0.5, 0.6) is 0 Å². The van der Waals surface area contributed by atoms with Gasteiger partial charge in [-0.2, -0.15) is 0 Å². The third kappa shape index (κ3) is 10.5. The lowest BCUT2D eigenvalue weighted by atomic mass is 9.89. The first kappa shape index (κ1) is 29.0. The summed E-state index contributed by atoms with van der Waals surface area (Å²) in [4.78, 5) is 24.5. The Labute approximate surface area is 214 Å². The predicted octanol–water partition coefficient (Wildman–Crippen LogP) is 6.11. The van der Waals surface area contributed by atoms with E-state index in [4.69, 9.17) is 4.74 Å². The molecule has 2 aromatic rings. The number of aromatic nitrogens is 4. The Morgan fingerprint density at radius 2 is 1.63 bits per heavy atom. The molecule has 0 fully saturated rings. The first-order chi connectivity index (χ1) is 17.1. The van der Waals surface area contributed by atoms with Crippen LogP contribution in [0.4, 0.5) is 0 Å². The fourth-order valence-electron chi connectivity index (χ4n) is 4.40. The van der Waals surface area contributed by atoms with Gasteiger partial charge in [0.15, 0.2) is 10.9 Å². The Bertz CT molecular complexity index is 887. The molecule has 1 unspecified atom stereocenters. The highest BCUT2D eigenvalue weighted by atomic mass is 32.2. The average molecular weight is 503 g/mol. The number of hydrogen-bond acceptors (Lipinski definition) is 7. The quantitative estimate of drug-likeness (QED) is 0.179. The summed E-state index contributed by atoms with van der Waals surface area (Å²) in [7, 11) is 0. The summed E-state index contributed by atoms with van der Waals surface area (Å²) >= 11 is 1.21. The number of rotatable bonds is 18. The lowest BCUT2D eigenvalue weighted by Crippen LogP contribution is -2.20. The Kier molecular flexibility index (Phi) is 14.3. The molecular weight excluding hydrogens is 460 g/mol. The summed E-state index contributed by atoms with van der Waals surface area (Å²) < 4.78 is 6.54. The van der Waals surface area contributed by atoms with Gasteiger partial charge in [-0.15, -0.1) is 5.10 Å². The summed E-state index contributed by atoms with van der Waals surface area (Å²) in [5, 5.41) is 12.1. The molecule has 0 N–H and O–H groups in total. The Morgan fingerprint density at radius 3 is 2.29 bits per heavy atom. The number of nitrogens with zero attached hydrogens (tertiary/aromatic N) is 4. The molecule has 0 saturated heterocycles. The van der Waals surface area contributed by atoms with Gasteiger partial charge in [-0.3, -0.25) is 9.59 Å². The molecule has 0 spiro atoms. The number of aryl methyl sites for hydroxylation is 1. The van der Waals surface area contributed by atoms with Crippen LogP contribution in [0.15, 0.2) is 24.3 Å². The van der Waals surface area contributed by atoms with Crippen LogP contribution in [0.3, 0.4) is 0 Å². The highest BCUT2D eigenvalue weighted by Crippen LogP contribution is 2.31. The maximum atomic E-state index is 12.5. The van der Waals surface area contributed by atoms with Gasteiger partial charge in [0.05, 0.1) is 12.5 Å². The molecular formula is C27H42N4O3S. The minimum absolute atomic E-state index is 0.0643. The molecule has 0 bridgehead atoms. The SMILES string of the molecule is CCCCCCCCCCCCc1ccccc1C(CC(=O)SC)c1nnnn1CC(=O)OCC. The molecule has 7 nitrogen and oxygen atoms in total. The van der Waals surface area contributed by atoms with E-state index in [0.29, 0.717) is 12.4 Å². The maximum absolute atomic E-state index is 12.5. The second kappa shape index (κ2) is 17.2. The number of esters is 1. The number of carbonyl (C=O) groups is 2. The van der Waals surface area contributed by atoms with E-state index in [1.807, 2.05) is 12.1 Å². The summed E-state index contributed by atoms with van der Waals surface area (Å²) in [6, 6.07) is 8.24. The number of carbonyl (C=O) groups excluding carboxylic acids is 2. The van der Waals surface area contributed by atoms with Gasteiger partial charge in [0.2, 0.25) is 0 Å². The van der Waals surface area contributed by atoms with Gasteiger partial charge in [0.25, 0.3) is 0 Å². The minimum Gasteiger partial charge on any atom is -0.465 e. The van der Waals surface area contributed by atoms with Crippen molar-refractivity contribution in [3.8, 4) is 0 Å². The van der Waals surface area contributed by atoms with Gasteiger partial charge in [-0.25, -0.2) is 4.68 Å². The zero-order valence-electron chi connectivity index (χ0n) is 21.7. The lowest BCUT2D eigenvalue weighted by Gasteiger charge is -2.19. The second-order valence-corrected chi connectivity index (χ2v) is 9.83. The second-order valence-electron chi connectivity index (χ2n) is 8.96. The molecule has 0 amide bonds. The zero-order chi connectivity index (χ0) is 25.3. The smallest absolute Gasteiger partial charge is 0.327 e. The molecule has 1 atom stereocenters. The van der Waals surface area contributed by atoms with Crippen molar-refractivity contribution in [3.05, 3.63) is 41.2 Å². The monoisotopic (exact) mass is 502 g/mol. The number of tetrazole rings is 1. The standard InChI is InChI=1S/C27H42N4O3S/c1-4-6-7-8-9-10-11-12-13-14-17-22-18-15-16-19-23(22)24(20-26(33)35-3)27-28-29-30-31(27)21-25(32)34-5-2/h15-16,18-19,24H,4-14,17,20-21H2,1-3H3. The van der Waals surface area contributed by atoms with E-state index >= 15 is 0 Å². The molecule has 1 heterocycles. The predicted molar refractivity (Wildman–Crippen MR) is 141 cm³/mol. The van der Waals surface area contributed by atoms with E-state index in [-0.39, 0.29) is 24.0 Å². The number of benzene rings is 1. The molecule has 8 heteroatoms. The molecule has 0 radical (unpaired) electrons. The number of thioether (sulfide) groups is 1.